The summed E-state index contributed by atoms with van der Waals surface area (Å²) in [6.07, 6.45) is 1.94. The van der Waals surface area contributed by atoms with Crippen molar-refractivity contribution in [2.75, 3.05) is 26.8 Å². The molecule has 0 aliphatic carbocycles. The fourth-order valence-electron chi connectivity index (χ4n) is 2.27. The van der Waals surface area contributed by atoms with Crippen molar-refractivity contribution in [1.29, 1.82) is 0 Å². The van der Waals surface area contributed by atoms with E-state index in [1.165, 1.54) is 0 Å². The highest BCUT2D eigenvalue weighted by Gasteiger charge is 2.44. The zero-order valence-corrected chi connectivity index (χ0v) is 10.6. The van der Waals surface area contributed by atoms with Gasteiger partial charge in [0.05, 0.1) is 5.41 Å². The van der Waals surface area contributed by atoms with Crippen LogP contribution in [-0.4, -0.2) is 48.7 Å². The molecule has 1 aliphatic heterocycles. The fraction of sp³-hybridized carbons (Fsp3) is 0.833. The SMILES string of the molecule is CCCN1CCC(CCOC)(C(=O)O)CC1=O. The van der Waals surface area contributed by atoms with Crippen molar-refractivity contribution in [3.05, 3.63) is 0 Å². The highest BCUT2D eigenvalue weighted by molar-refractivity contribution is 5.86. The highest BCUT2D eigenvalue weighted by Crippen LogP contribution is 2.36. The van der Waals surface area contributed by atoms with E-state index in [4.69, 9.17) is 4.74 Å². The van der Waals surface area contributed by atoms with E-state index in [0.717, 1.165) is 13.0 Å². The maximum atomic E-state index is 11.9. The number of aliphatic carboxylic acids is 1. The summed E-state index contributed by atoms with van der Waals surface area (Å²) in [5.41, 5.74) is -0.919. The number of hydrogen-bond donors (Lipinski definition) is 1. The zero-order valence-electron chi connectivity index (χ0n) is 10.6. The molecule has 0 spiro atoms. The summed E-state index contributed by atoms with van der Waals surface area (Å²) in [6, 6.07) is 0. The number of amides is 1. The lowest BCUT2D eigenvalue weighted by Crippen LogP contribution is -2.48. The zero-order chi connectivity index (χ0) is 12.9. The molecule has 1 atom stereocenters. The van der Waals surface area contributed by atoms with Gasteiger partial charge in [0, 0.05) is 33.2 Å². The third-order valence-corrected chi connectivity index (χ3v) is 3.43. The number of likely N-dealkylation sites (tertiary alicyclic amines) is 1. The second-order valence-electron chi connectivity index (χ2n) is 4.64. The molecule has 0 bridgehead atoms. The van der Waals surface area contributed by atoms with E-state index >= 15 is 0 Å². The lowest BCUT2D eigenvalue weighted by atomic mass is 9.75. The van der Waals surface area contributed by atoms with Gasteiger partial charge in [-0.15, -0.1) is 0 Å². The highest BCUT2D eigenvalue weighted by atomic mass is 16.5. The number of methoxy groups -OCH3 is 1. The molecular formula is C12H21NO4. The average molecular weight is 243 g/mol. The molecule has 0 saturated carbocycles. The van der Waals surface area contributed by atoms with Gasteiger partial charge in [0.15, 0.2) is 0 Å². The number of carbonyl (C=O) groups excluding carboxylic acids is 1. The van der Waals surface area contributed by atoms with Crippen molar-refractivity contribution in [1.82, 2.24) is 4.90 Å². The van der Waals surface area contributed by atoms with Crippen molar-refractivity contribution in [2.24, 2.45) is 5.41 Å². The molecule has 98 valence electrons. The second-order valence-corrected chi connectivity index (χ2v) is 4.64. The summed E-state index contributed by atoms with van der Waals surface area (Å²) in [4.78, 5) is 25.0. The summed E-state index contributed by atoms with van der Waals surface area (Å²) in [5.74, 6) is -0.921. The molecule has 0 aromatic rings. The molecule has 1 N–H and O–H groups in total. The van der Waals surface area contributed by atoms with Crippen LogP contribution < -0.4 is 0 Å². The van der Waals surface area contributed by atoms with Crippen LogP contribution >= 0.6 is 0 Å². The van der Waals surface area contributed by atoms with Crippen molar-refractivity contribution in [3.63, 3.8) is 0 Å². The third-order valence-electron chi connectivity index (χ3n) is 3.43. The third kappa shape index (κ3) is 3.19. The first-order valence-corrected chi connectivity index (χ1v) is 6.06. The number of hydrogen-bond acceptors (Lipinski definition) is 3. The average Bonchev–Trinajstić information content (AvgIpc) is 2.30. The number of rotatable bonds is 6. The number of nitrogens with zero attached hydrogens (tertiary/aromatic N) is 1. The molecule has 1 aliphatic rings. The Morgan fingerprint density at radius 2 is 2.29 bits per heavy atom. The van der Waals surface area contributed by atoms with Crippen LogP contribution in [0.5, 0.6) is 0 Å². The lowest BCUT2D eigenvalue weighted by Gasteiger charge is -2.38. The molecule has 1 heterocycles. The molecule has 1 rings (SSSR count). The summed E-state index contributed by atoms with van der Waals surface area (Å²) >= 11 is 0. The Labute approximate surface area is 102 Å². The van der Waals surface area contributed by atoms with Gasteiger partial charge < -0.3 is 14.7 Å². The summed E-state index contributed by atoms with van der Waals surface area (Å²) in [5, 5.41) is 9.32. The van der Waals surface area contributed by atoms with Crippen LogP contribution in [0.3, 0.4) is 0 Å². The van der Waals surface area contributed by atoms with Crippen molar-refractivity contribution < 1.29 is 19.4 Å². The summed E-state index contributed by atoms with van der Waals surface area (Å²) < 4.78 is 4.94. The summed E-state index contributed by atoms with van der Waals surface area (Å²) in [7, 11) is 1.55. The molecule has 1 saturated heterocycles. The number of carboxylic acid groups (broad SMARTS) is 1. The monoisotopic (exact) mass is 243 g/mol. The van der Waals surface area contributed by atoms with Gasteiger partial charge in [-0.05, 0) is 19.3 Å². The Balaban J connectivity index is 2.70. The molecule has 0 aromatic heterocycles. The van der Waals surface area contributed by atoms with Crippen LogP contribution in [0, 0.1) is 5.41 Å². The van der Waals surface area contributed by atoms with E-state index in [0.29, 0.717) is 26.0 Å². The largest absolute Gasteiger partial charge is 0.481 e. The van der Waals surface area contributed by atoms with Gasteiger partial charge >= 0.3 is 5.97 Å². The number of piperidine rings is 1. The van der Waals surface area contributed by atoms with E-state index in [1.54, 1.807) is 12.0 Å². The maximum Gasteiger partial charge on any atom is 0.310 e. The van der Waals surface area contributed by atoms with Crippen molar-refractivity contribution >= 4 is 11.9 Å². The van der Waals surface area contributed by atoms with Crippen LogP contribution in [0.4, 0.5) is 0 Å². The molecule has 0 radical (unpaired) electrons. The number of ether oxygens (including phenoxy) is 1. The van der Waals surface area contributed by atoms with Gasteiger partial charge in [-0.2, -0.15) is 0 Å². The maximum absolute atomic E-state index is 11.9. The van der Waals surface area contributed by atoms with Crippen LogP contribution in [-0.2, 0) is 14.3 Å². The fourth-order valence-corrected chi connectivity index (χ4v) is 2.27. The minimum Gasteiger partial charge on any atom is -0.481 e. The number of carboxylic acids is 1. The Bertz CT molecular complexity index is 292. The topological polar surface area (TPSA) is 66.8 Å². The van der Waals surface area contributed by atoms with E-state index in [1.807, 2.05) is 6.92 Å². The Kier molecular flexibility index (Phi) is 4.93. The predicted molar refractivity (Wildman–Crippen MR) is 62.7 cm³/mol. The van der Waals surface area contributed by atoms with Gasteiger partial charge in [0.1, 0.15) is 0 Å². The molecule has 1 unspecified atom stereocenters. The molecule has 1 fully saturated rings. The first kappa shape index (κ1) is 14.0. The molecular weight excluding hydrogens is 222 g/mol. The Hall–Kier alpha value is -1.10. The Morgan fingerprint density at radius 1 is 1.59 bits per heavy atom. The van der Waals surface area contributed by atoms with Crippen LogP contribution in [0.2, 0.25) is 0 Å². The number of carbonyl (C=O) groups is 2. The minimum atomic E-state index is -0.919. The molecule has 17 heavy (non-hydrogen) atoms. The van der Waals surface area contributed by atoms with Gasteiger partial charge in [-0.3, -0.25) is 9.59 Å². The standard InChI is InChI=1S/C12H21NO4/c1-3-6-13-7-4-12(11(15)16,5-8-17-2)9-10(13)14/h3-9H2,1-2H3,(H,15,16). The van der Waals surface area contributed by atoms with E-state index in [9.17, 15) is 14.7 Å². The van der Waals surface area contributed by atoms with Crippen LogP contribution in [0.1, 0.15) is 32.6 Å². The molecule has 5 heteroatoms. The quantitative estimate of drug-likeness (QED) is 0.759. The van der Waals surface area contributed by atoms with E-state index in [2.05, 4.69) is 0 Å². The molecule has 1 amide bonds. The van der Waals surface area contributed by atoms with Gasteiger partial charge in [-0.25, -0.2) is 0 Å². The van der Waals surface area contributed by atoms with E-state index < -0.39 is 11.4 Å². The Morgan fingerprint density at radius 3 is 2.76 bits per heavy atom. The minimum absolute atomic E-state index is 0.0448. The van der Waals surface area contributed by atoms with E-state index in [-0.39, 0.29) is 12.3 Å². The van der Waals surface area contributed by atoms with Crippen LogP contribution in [0.15, 0.2) is 0 Å². The lowest BCUT2D eigenvalue weighted by molar-refractivity contribution is -0.160. The van der Waals surface area contributed by atoms with Gasteiger partial charge in [0.25, 0.3) is 0 Å². The van der Waals surface area contributed by atoms with Gasteiger partial charge in [0.2, 0.25) is 5.91 Å². The first-order valence-electron chi connectivity index (χ1n) is 6.06. The van der Waals surface area contributed by atoms with Crippen molar-refractivity contribution in [2.45, 2.75) is 32.6 Å². The van der Waals surface area contributed by atoms with Gasteiger partial charge in [-0.1, -0.05) is 6.92 Å². The molecule has 0 aromatic carbocycles. The van der Waals surface area contributed by atoms with Crippen LogP contribution in [0.25, 0.3) is 0 Å². The summed E-state index contributed by atoms with van der Waals surface area (Å²) in [6.45, 7) is 3.66. The first-order chi connectivity index (χ1) is 8.05. The smallest absolute Gasteiger partial charge is 0.310 e. The van der Waals surface area contributed by atoms with Crippen molar-refractivity contribution in [3.8, 4) is 0 Å². The normalized spacial score (nSPS) is 25.1. The second kappa shape index (κ2) is 6.00. The predicted octanol–water partition coefficient (Wildman–Crippen LogP) is 1.13. The molecule has 5 nitrogen and oxygen atoms in total.